The minimum Gasteiger partial charge on any atom is -0.346 e. The first-order valence-corrected chi connectivity index (χ1v) is 9.82. The van der Waals surface area contributed by atoms with E-state index in [4.69, 9.17) is 0 Å². The molecule has 2 rings (SSSR count). The summed E-state index contributed by atoms with van der Waals surface area (Å²) in [7, 11) is 0. The van der Waals surface area contributed by atoms with Gasteiger partial charge in [0.2, 0.25) is 5.91 Å². The SMILES string of the molecule is CC(C)CCSCC(=O)N[C@H](C)c1nc(-c2ccncc2)cs1. The minimum absolute atomic E-state index is 0.0613. The summed E-state index contributed by atoms with van der Waals surface area (Å²) in [6.07, 6.45) is 4.66. The van der Waals surface area contributed by atoms with Crippen LogP contribution < -0.4 is 5.32 Å². The quantitative estimate of drug-likeness (QED) is 0.727. The molecule has 2 heterocycles. The second kappa shape index (κ2) is 9.03. The molecule has 0 saturated heterocycles. The number of amides is 1. The number of pyridine rings is 1. The molecule has 0 saturated carbocycles. The molecule has 1 N–H and O–H groups in total. The van der Waals surface area contributed by atoms with Crippen LogP contribution in [0.3, 0.4) is 0 Å². The molecule has 124 valence electrons. The van der Waals surface area contributed by atoms with E-state index in [1.165, 1.54) is 0 Å². The van der Waals surface area contributed by atoms with Crippen LogP contribution in [0.25, 0.3) is 11.3 Å². The van der Waals surface area contributed by atoms with Crippen molar-refractivity contribution in [3.63, 3.8) is 0 Å². The molecule has 0 bridgehead atoms. The Morgan fingerprint density at radius 2 is 2.04 bits per heavy atom. The predicted molar refractivity (Wildman–Crippen MR) is 98.7 cm³/mol. The summed E-state index contributed by atoms with van der Waals surface area (Å²) in [5.74, 6) is 2.31. The van der Waals surface area contributed by atoms with E-state index in [1.54, 1.807) is 35.5 Å². The van der Waals surface area contributed by atoms with Crippen LogP contribution in [0, 0.1) is 5.92 Å². The van der Waals surface area contributed by atoms with E-state index in [0.717, 1.165) is 28.4 Å². The van der Waals surface area contributed by atoms with Gasteiger partial charge in [0.25, 0.3) is 0 Å². The van der Waals surface area contributed by atoms with Gasteiger partial charge in [-0.1, -0.05) is 13.8 Å². The van der Waals surface area contributed by atoms with Gasteiger partial charge < -0.3 is 5.32 Å². The summed E-state index contributed by atoms with van der Waals surface area (Å²) < 4.78 is 0. The Kier molecular flexibility index (Phi) is 7.05. The van der Waals surface area contributed by atoms with Gasteiger partial charge in [0, 0.05) is 23.3 Å². The molecule has 0 aliphatic rings. The maximum Gasteiger partial charge on any atom is 0.230 e. The largest absolute Gasteiger partial charge is 0.346 e. The van der Waals surface area contributed by atoms with Crippen molar-refractivity contribution in [1.82, 2.24) is 15.3 Å². The van der Waals surface area contributed by atoms with Crippen LogP contribution in [-0.4, -0.2) is 27.4 Å². The van der Waals surface area contributed by atoms with Crippen molar-refractivity contribution in [3.8, 4) is 11.3 Å². The van der Waals surface area contributed by atoms with Crippen molar-refractivity contribution in [1.29, 1.82) is 0 Å². The Balaban J connectivity index is 1.83. The Hall–Kier alpha value is -1.40. The van der Waals surface area contributed by atoms with E-state index >= 15 is 0 Å². The van der Waals surface area contributed by atoms with Gasteiger partial charge in [0.1, 0.15) is 5.01 Å². The average molecular weight is 350 g/mol. The Bertz CT molecular complexity index is 613. The third-order valence-corrected chi connectivity index (χ3v) is 5.34. The number of thioether (sulfide) groups is 1. The minimum atomic E-state index is -0.0613. The number of hydrogen-bond acceptors (Lipinski definition) is 5. The van der Waals surface area contributed by atoms with Crippen LogP contribution >= 0.6 is 23.1 Å². The highest BCUT2D eigenvalue weighted by Crippen LogP contribution is 2.25. The highest BCUT2D eigenvalue weighted by Gasteiger charge is 2.14. The van der Waals surface area contributed by atoms with Crippen LogP contribution in [0.1, 0.15) is 38.2 Å². The zero-order chi connectivity index (χ0) is 16.7. The summed E-state index contributed by atoms with van der Waals surface area (Å²) in [4.78, 5) is 20.6. The fraction of sp³-hybridized carbons (Fsp3) is 0.471. The van der Waals surface area contributed by atoms with Crippen LogP contribution in [0.5, 0.6) is 0 Å². The number of carbonyl (C=O) groups is 1. The van der Waals surface area contributed by atoms with Gasteiger partial charge in [-0.3, -0.25) is 9.78 Å². The molecule has 0 spiro atoms. The topological polar surface area (TPSA) is 54.9 Å². The van der Waals surface area contributed by atoms with Gasteiger partial charge in [-0.2, -0.15) is 11.8 Å². The number of hydrogen-bond donors (Lipinski definition) is 1. The summed E-state index contributed by atoms with van der Waals surface area (Å²) in [6.45, 7) is 6.38. The van der Waals surface area contributed by atoms with E-state index in [1.807, 2.05) is 24.4 Å². The highest BCUT2D eigenvalue weighted by molar-refractivity contribution is 7.99. The summed E-state index contributed by atoms with van der Waals surface area (Å²) in [5, 5.41) is 5.97. The molecular weight excluding hydrogens is 326 g/mol. The van der Waals surface area contributed by atoms with Gasteiger partial charge in [-0.05, 0) is 37.1 Å². The van der Waals surface area contributed by atoms with Crippen LogP contribution in [0.15, 0.2) is 29.9 Å². The zero-order valence-corrected chi connectivity index (χ0v) is 15.4. The first-order chi connectivity index (χ1) is 11.1. The van der Waals surface area contributed by atoms with Crippen LogP contribution in [-0.2, 0) is 4.79 Å². The molecular formula is C17H23N3OS2. The van der Waals surface area contributed by atoms with Crippen molar-refractivity contribution >= 4 is 29.0 Å². The Morgan fingerprint density at radius 3 is 2.74 bits per heavy atom. The number of thiazole rings is 1. The number of carbonyl (C=O) groups excluding carboxylic acids is 1. The molecule has 0 aliphatic carbocycles. The van der Waals surface area contributed by atoms with Gasteiger partial charge in [0.15, 0.2) is 0 Å². The van der Waals surface area contributed by atoms with E-state index in [2.05, 4.69) is 29.1 Å². The lowest BCUT2D eigenvalue weighted by atomic mass is 10.2. The van der Waals surface area contributed by atoms with E-state index in [-0.39, 0.29) is 11.9 Å². The van der Waals surface area contributed by atoms with Gasteiger partial charge >= 0.3 is 0 Å². The fourth-order valence-corrected chi connectivity index (χ4v) is 3.86. The van der Waals surface area contributed by atoms with Crippen molar-refractivity contribution in [2.75, 3.05) is 11.5 Å². The first-order valence-electron chi connectivity index (χ1n) is 7.79. The highest BCUT2D eigenvalue weighted by atomic mass is 32.2. The van der Waals surface area contributed by atoms with Crippen LogP contribution in [0.2, 0.25) is 0 Å². The second-order valence-corrected chi connectivity index (χ2v) is 7.83. The van der Waals surface area contributed by atoms with Crippen molar-refractivity contribution < 1.29 is 4.79 Å². The molecule has 0 aromatic carbocycles. The summed E-state index contributed by atoms with van der Waals surface area (Å²) >= 11 is 3.27. The Morgan fingerprint density at radius 1 is 1.30 bits per heavy atom. The predicted octanol–water partition coefficient (Wildman–Crippen LogP) is 4.16. The molecule has 1 amide bonds. The molecule has 0 radical (unpaired) electrons. The second-order valence-electron chi connectivity index (χ2n) is 5.83. The molecule has 2 aromatic heterocycles. The Labute approximate surface area is 146 Å². The number of aromatic nitrogens is 2. The lowest BCUT2D eigenvalue weighted by molar-refractivity contribution is -0.119. The molecule has 1 atom stereocenters. The standard InChI is InChI=1S/C17H23N3OS2/c1-12(2)6-9-22-11-16(21)19-13(3)17-20-15(10-23-17)14-4-7-18-8-5-14/h4-5,7-8,10,12-13H,6,9,11H2,1-3H3,(H,19,21)/t13-/m1/s1. The van der Waals surface area contributed by atoms with Crippen molar-refractivity contribution in [2.45, 2.75) is 33.2 Å². The number of nitrogens with zero attached hydrogens (tertiary/aromatic N) is 2. The van der Waals surface area contributed by atoms with Crippen molar-refractivity contribution in [2.24, 2.45) is 5.92 Å². The smallest absolute Gasteiger partial charge is 0.230 e. The van der Waals surface area contributed by atoms with Crippen molar-refractivity contribution in [3.05, 3.63) is 34.9 Å². The summed E-state index contributed by atoms with van der Waals surface area (Å²) in [6, 6.07) is 3.81. The fourth-order valence-electron chi connectivity index (χ4n) is 1.97. The first kappa shape index (κ1) is 17.9. The monoisotopic (exact) mass is 349 g/mol. The van der Waals surface area contributed by atoms with Gasteiger partial charge in [-0.15, -0.1) is 11.3 Å². The zero-order valence-electron chi connectivity index (χ0n) is 13.8. The number of nitrogens with one attached hydrogen (secondary N) is 1. The van der Waals surface area contributed by atoms with E-state index in [9.17, 15) is 4.79 Å². The molecule has 2 aromatic rings. The number of rotatable bonds is 8. The molecule has 0 aliphatic heterocycles. The third-order valence-electron chi connectivity index (χ3n) is 3.32. The van der Waals surface area contributed by atoms with E-state index in [0.29, 0.717) is 11.7 Å². The molecule has 0 fully saturated rings. The average Bonchev–Trinajstić information content (AvgIpc) is 3.02. The molecule has 6 heteroatoms. The maximum atomic E-state index is 12.0. The molecule has 0 unspecified atom stereocenters. The van der Waals surface area contributed by atoms with Gasteiger partial charge in [-0.25, -0.2) is 4.98 Å². The van der Waals surface area contributed by atoms with Crippen LogP contribution in [0.4, 0.5) is 0 Å². The van der Waals surface area contributed by atoms with E-state index < -0.39 is 0 Å². The lowest BCUT2D eigenvalue weighted by Crippen LogP contribution is -2.28. The molecule has 23 heavy (non-hydrogen) atoms. The molecule has 4 nitrogen and oxygen atoms in total. The maximum absolute atomic E-state index is 12.0. The lowest BCUT2D eigenvalue weighted by Gasteiger charge is -2.11. The van der Waals surface area contributed by atoms with Gasteiger partial charge in [0.05, 0.1) is 17.5 Å². The summed E-state index contributed by atoms with van der Waals surface area (Å²) in [5.41, 5.74) is 1.98. The third kappa shape index (κ3) is 5.95. The normalized spacial score (nSPS) is 12.3.